The number of carbonyl (C=O) groups is 1. The molecule has 1 aromatic carbocycles. The van der Waals surface area contributed by atoms with E-state index in [9.17, 15) is 4.79 Å². The van der Waals surface area contributed by atoms with Crippen molar-refractivity contribution in [3.05, 3.63) is 35.0 Å². The minimum absolute atomic E-state index is 0.114. The number of ether oxygens (including phenoxy) is 2. The number of Topliss-reactive ketones (excluding diaryl/α,β-unsaturated/α-hetero) is 1. The normalized spacial score (nSPS) is 27.9. The second-order valence-electron chi connectivity index (χ2n) is 7.41. The Hall–Kier alpha value is -2.30. The number of carbonyl (C=O) groups excluding carboxylic acids is 1. The summed E-state index contributed by atoms with van der Waals surface area (Å²) in [6.45, 7) is 0. The predicted octanol–water partition coefficient (Wildman–Crippen LogP) is 3.39. The molecule has 1 fully saturated rings. The molecule has 0 aromatic heterocycles. The number of nitrogens with zero attached hydrogens (tertiary/aromatic N) is 1. The van der Waals surface area contributed by atoms with Gasteiger partial charge >= 0.3 is 0 Å². The maximum atomic E-state index is 12.8. The van der Waals surface area contributed by atoms with Crippen LogP contribution >= 0.6 is 0 Å². The van der Waals surface area contributed by atoms with Crippen molar-refractivity contribution in [1.82, 2.24) is 5.32 Å². The predicted molar refractivity (Wildman–Crippen MR) is 101 cm³/mol. The average Bonchev–Trinajstić information content (AvgIpc) is 2.86. The third-order valence-electron chi connectivity index (χ3n) is 5.87. The lowest BCUT2D eigenvalue weighted by molar-refractivity contribution is -0.115. The van der Waals surface area contributed by atoms with E-state index in [-0.39, 0.29) is 11.7 Å². The molecule has 3 aliphatic rings. The van der Waals surface area contributed by atoms with E-state index in [4.69, 9.17) is 14.5 Å². The summed E-state index contributed by atoms with van der Waals surface area (Å²) in [7, 11) is 3.31. The summed E-state index contributed by atoms with van der Waals surface area (Å²) in [4.78, 5) is 17.6. The highest BCUT2D eigenvalue weighted by molar-refractivity contribution is 6.15. The Morgan fingerprint density at radius 2 is 1.96 bits per heavy atom. The number of allylic oxidation sites excluding steroid dienone is 2. The van der Waals surface area contributed by atoms with E-state index in [0.29, 0.717) is 18.5 Å². The smallest absolute Gasteiger partial charge is 0.166 e. The molecule has 5 nitrogen and oxygen atoms in total. The van der Waals surface area contributed by atoms with Crippen molar-refractivity contribution in [2.45, 2.75) is 56.5 Å². The van der Waals surface area contributed by atoms with Gasteiger partial charge in [0.1, 0.15) is 11.5 Å². The number of methoxy groups -OCH3 is 2. The number of rotatable bonds is 3. The van der Waals surface area contributed by atoms with Gasteiger partial charge in [-0.2, -0.15) is 0 Å². The van der Waals surface area contributed by atoms with E-state index in [0.717, 1.165) is 47.6 Å². The summed E-state index contributed by atoms with van der Waals surface area (Å²) in [5.74, 6) is 1.83. The van der Waals surface area contributed by atoms with Gasteiger partial charge in [0.15, 0.2) is 5.78 Å². The van der Waals surface area contributed by atoms with Gasteiger partial charge in [-0.1, -0.05) is 18.9 Å². The fourth-order valence-corrected chi connectivity index (χ4v) is 4.44. The van der Waals surface area contributed by atoms with Crippen molar-refractivity contribution in [3.8, 4) is 11.5 Å². The van der Waals surface area contributed by atoms with Crippen LogP contribution in [0.1, 0.15) is 50.0 Å². The van der Waals surface area contributed by atoms with Gasteiger partial charge in [-0.15, -0.1) is 0 Å². The molecule has 138 valence electrons. The molecule has 26 heavy (non-hydrogen) atoms. The summed E-state index contributed by atoms with van der Waals surface area (Å²) in [6.07, 6.45) is 7.84. The first-order valence-electron chi connectivity index (χ1n) is 9.47. The van der Waals surface area contributed by atoms with Gasteiger partial charge < -0.3 is 14.8 Å². The van der Waals surface area contributed by atoms with Crippen molar-refractivity contribution in [2.24, 2.45) is 4.99 Å². The third kappa shape index (κ3) is 3.11. The number of aliphatic imine (C=N–C) groups is 1. The second-order valence-corrected chi connectivity index (χ2v) is 7.41. The fraction of sp³-hybridized carbons (Fsp3) is 0.524. The first-order chi connectivity index (χ1) is 12.7. The van der Waals surface area contributed by atoms with E-state index in [2.05, 4.69) is 5.32 Å². The largest absolute Gasteiger partial charge is 0.497 e. The summed E-state index contributed by atoms with van der Waals surface area (Å²) in [5.41, 5.74) is 2.90. The summed E-state index contributed by atoms with van der Waals surface area (Å²) in [5, 5.41) is 3.68. The van der Waals surface area contributed by atoms with Crippen molar-refractivity contribution in [1.29, 1.82) is 0 Å². The highest BCUT2D eigenvalue weighted by Gasteiger charge is 2.34. The van der Waals surface area contributed by atoms with E-state index in [1.54, 1.807) is 14.2 Å². The van der Waals surface area contributed by atoms with Crippen LogP contribution in [-0.4, -0.2) is 38.3 Å². The van der Waals surface area contributed by atoms with Crippen molar-refractivity contribution in [2.75, 3.05) is 14.2 Å². The van der Waals surface area contributed by atoms with Crippen LogP contribution < -0.4 is 14.8 Å². The Balaban J connectivity index is 1.63. The third-order valence-corrected chi connectivity index (χ3v) is 5.87. The van der Waals surface area contributed by atoms with Gasteiger partial charge in [0, 0.05) is 36.4 Å². The lowest BCUT2D eigenvalue weighted by Crippen LogP contribution is -2.41. The SMILES string of the molecule is COc1ccc([C@@H]2CC(=O)C3=C(C2)N[C@H]2CCCC[C@H]2N=C3)c(OC)c1. The van der Waals surface area contributed by atoms with Gasteiger partial charge in [-0.3, -0.25) is 9.79 Å². The van der Waals surface area contributed by atoms with Gasteiger partial charge in [-0.25, -0.2) is 0 Å². The number of ketones is 1. The molecule has 0 saturated heterocycles. The summed E-state index contributed by atoms with van der Waals surface area (Å²) >= 11 is 0. The average molecular weight is 354 g/mol. The molecule has 1 aliphatic heterocycles. The topological polar surface area (TPSA) is 59.9 Å². The highest BCUT2D eigenvalue weighted by Crippen LogP contribution is 2.40. The Bertz CT molecular complexity index is 769. The Labute approximate surface area is 154 Å². The van der Waals surface area contributed by atoms with Crippen LogP contribution in [-0.2, 0) is 4.79 Å². The molecule has 0 spiro atoms. The van der Waals surface area contributed by atoms with Crippen LogP contribution in [0.3, 0.4) is 0 Å². The van der Waals surface area contributed by atoms with Crippen molar-refractivity contribution in [3.63, 3.8) is 0 Å². The minimum Gasteiger partial charge on any atom is -0.497 e. The summed E-state index contributed by atoms with van der Waals surface area (Å²) < 4.78 is 10.9. The fourth-order valence-electron chi connectivity index (χ4n) is 4.44. The van der Waals surface area contributed by atoms with Crippen LogP contribution in [0.25, 0.3) is 0 Å². The Morgan fingerprint density at radius 1 is 1.12 bits per heavy atom. The molecule has 0 radical (unpaired) electrons. The van der Waals surface area contributed by atoms with E-state index in [1.807, 2.05) is 24.4 Å². The van der Waals surface area contributed by atoms with Gasteiger partial charge in [0.2, 0.25) is 0 Å². The van der Waals surface area contributed by atoms with Gasteiger partial charge in [0.25, 0.3) is 0 Å². The van der Waals surface area contributed by atoms with Crippen LogP contribution in [0, 0.1) is 0 Å². The monoisotopic (exact) mass is 354 g/mol. The first kappa shape index (κ1) is 17.1. The summed E-state index contributed by atoms with van der Waals surface area (Å²) in [6, 6.07) is 6.51. The molecular weight excluding hydrogens is 328 g/mol. The first-order valence-corrected chi connectivity index (χ1v) is 9.47. The standard InChI is InChI=1S/C21H26N2O3/c1-25-14-7-8-15(21(11-14)26-2)13-9-19-16(20(24)10-13)12-22-17-5-3-4-6-18(17)23-19/h7-8,11-13,17-18,23H,3-6,9-10H2,1-2H3/t13-,17+,18-/m0/s1. The second kappa shape index (κ2) is 7.14. The molecule has 0 amide bonds. The molecule has 4 rings (SSSR count). The van der Waals surface area contributed by atoms with Crippen molar-refractivity contribution >= 4 is 12.0 Å². The number of benzene rings is 1. The van der Waals surface area contributed by atoms with Crippen molar-refractivity contribution < 1.29 is 14.3 Å². The van der Waals surface area contributed by atoms with E-state index in [1.165, 1.54) is 12.8 Å². The quantitative estimate of drug-likeness (QED) is 0.904. The van der Waals surface area contributed by atoms with Crippen LogP contribution in [0.15, 0.2) is 34.5 Å². The number of nitrogens with one attached hydrogen (secondary N) is 1. The van der Waals surface area contributed by atoms with E-state index < -0.39 is 0 Å². The zero-order valence-corrected chi connectivity index (χ0v) is 15.5. The zero-order chi connectivity index (χ0) is 18.1. The molecular formula is C21H26N2O3. The van der Waals surface area contributed by atoms with Crippen LogP contribution in [0.4, 0.5) is 0 Å². The van der Waals surface area contributed by atoms with Crippen LogP contribution in [0.5, 0.6) is 11.5 Å². The molecule has 3 atom stereocenters. The minimum atomic E-state index is 0.114. The molecule has 1 aromatic rings. The lowest BCUT2D eigenvalue weighted by Gasteiger charge is -2.32. The molecule has 1 saturated carbocycles. The maximum absolute atomic E-state index is 12.8. The molecule has 1 heterocycles. The molecule has 1 N–H and O–H groups in total. The lowest BCUT2D eigenvalue weighted by atomic mass is 9.81. The molecule has 0 unspecified atom stereocenters. The van der Waals surface area contributed by atoms with Gasteiger partial charge in [-0.05, 0) is 30.9 Å². The van der Waals surface area contributed by atoms with E-state index >= 15 is 0 Å². The number of fused-ring (bicyclic) bond motifs is 1. The zero-order valence-electron chi connectivity index (χ0n) is 15.5. The molecule has 5 heteroatoms. The molecule has 0 bridgehead atoms. The molecule has 2 aliphatic carbocycles. The Morgan fingerprint density at radius 3 is 2.77 bits per heavy atom. The van der Waals surface area contributed by atoms with Gasteiger partial charge in [0.05, 0.1) is 25.8 Å². The number of hydrogen-bond acceptors (Lipinski definition) is 5. The maximum Gasteiger partial charge on any atom is 0.166 e. The highest BCUT2D eigenvalue weighted by atomic mass is 16.5. The number of hydrogen-bond donors (Lipinski definition) is 1. The Kier molecular flexibility index (Phi) is 4.70. The van der Waals surface area contributed by atoms with Crippen LogP contribution in [0.2, 0.25) is 0 Å².